The fourth-order valence-electron chi connectivity index (χ4n) is 7.00. The fourth-order valence-corrected chi connectivity index (χ4v) is 7.00. The summed E-state index contributed by atoms with van der Waals surface area (Å²) in [4.78, 5) is 0. The van der Waals surface area contributed by atoms with Crippen LogP contribution in [0, 0.1) is 26.0 Å². The molecule has 51 heavy (non-hydrogen) atoms. The zero-order valence-electron chi connectivity index (χ0n) is 31.0. The van der Waals surface area contributed by atoms with Gasteiger partial charge in [0, 0.05) is 25.8 Å². The number of benzene rings is 4. The molecule has 6 aromatic rings. The molecule has 0 radical (unpaired) electrons. The van der Waals surface area contributed by atoms with Crippen molar-refractivity contribution in [3.8, 4) is 22.3 Å². The van der Waals surface area contributed by atoms with Crippen molar-refractivity contribution in [3.05, 3.63) is 178 Å². The van der Waals surface area contributed by atoms with Crippen molar-refractivity contribution < 1.29 is 34.7 Å². The van der Waals surface area contributed by atoms with Gasteiger partial charge in [-0.2, -0.15) is 11.1 Å². The smallest absolute Gasteiger partial charge is 0.101 e. The molecule has 0 N–H and O–H groups in total. The standard InChI is InChI=1S/2C24H23O.Hf/c2*1-16-8-15-23(25-16)22-14-13-21-19(6-5-7-20(21)22)17-9-11-18(12-10-17)24(2,3)4;/h2*5-13,15,22H,1-4H3;/q2*-1;. The second kappa shape index (κ2) is 14.4. The van der Waals surface area contributed by atoms with E-state index in [0.29, 0.717) is 0 Å². The molecule has 2 nitrogen and oxygen atoms in total. The molecule has 2 aromatic heterocycles. The minimum Gasteiger partial charge on any atom is -0.467 e. The van der Waals surface area contributed by atoms with Crippen LogP contribution in [0.15, 0.2) is 118 Å². The number of fused-ring (bicyclic) bond motifs is 2. The van der Waals surface area contributed by atoms with Crippen LogP contribution in [0.25, 0.3) is 34.4 Å². The first-order valence-corrected chi connectivity index (χ1v) is 17.7. The molecule has 0 fully saturated rings. The van der Waals surface area contributed by atoms with Gasteiger partial charge in [-0.15, -0.1) is 11.1 Å². The predicted molar refractivity (Wildman–Crippen MR) is 207 cm³/mol. The van der Waals surface area contributed by atoms with Gasteiger partial charge >= 0.3 is 0 Å². The Bertz CT molecular complexity index is 2030. The Morgan fingerprint density at radius 3 is 1.16 bits per heavy atom. The van der Waals surface area contributed by atoms with Gasteiger partial charge < -0.3 is 8.83 Å². The maximum Gasteiger partial charge on any atom is 0.101 e. The quantitative estimate of drug-likeness (QED) is 0.131. The van der Waals surface area contributed by atoms with Crippen LogP contribution in [0.2, 0.25) is 0 Å². The Kier molecular flexibility index (Phi) is 10.3. The summed E-state index contributed by atoms with van der Waals surface area (Å²) in [6.07, 6.45) is 11.2. The van der Waals surface area contributed by atoms with Crippen molar-refractivity contribution in [3.63, 3.8) is 0 Å². The summed E-state index contributed by atoms with van der Waals surface area (Å²) in [6.45, 7) is 17.4. The van der Waals surface area contributed by atoms with Gasteiger partial charge in [0.25, 0.3) is 0 Å². The van der Waals surface area contributed by atoms with Gasteiger partial charge in [-0.25, -0.2) is 12.2 Å². The number of furan rings is 2. The second-order valence-electron chi connectivity index (χ2n) is 15.7. The van der Waals surface area contributed by atoms with Crippen molar-refractivity contribution in [2.24, 2.45) is 0 Å². The summed E-state index contributed by atoms with van der Waals surface area (Å²) >= 11 is 0. The molecule has 0 saturated heterocycles. The number of rotatable bonds is 4. The summed E-state index contributed by atoms with van der Waals surface area (Å²) in [5.74, 6) is 4.01. The third-order valence-electron chi connectivity index (χ3n) is 9.91. The average Bonchev–Trinajstić information content (AvgIpc) is 3.90. The van der Waals surface area contributed by atoms with Gasteiger partial charge in [-0.3, -0.25) is 12.2 Å². The molecule has 0 spiro atoms. The average molecular weight is 833 g/mol. The molecular weight excluding hydrogens is 787 g/mol. The van der Waals surface area contributed by atoms with Crippen molar-refractivity contribution in [1.29, 1.82) is 0 Å². The van der Waals surface area contributed by atoms with E-state index < -0.39 is 0 Å². The van der Waals surface area contributed by atoms with Gasteiger partial charge in [-0.05, 0) is 83.0 Å². The number of hydrogen-bond acceptors (Lipinski definition) is 2. The van der Waals surface area contributed by atoms with Gasteiger partial charge in [-0.1, -0.05) is 138 Å². The minimum absolute atomic E-state index is 0. The SMILES string of the molecule is Cc1ccc(C2[C-]=Cc3c(-c4ccc(C(C)(C)C)cc4)cccc32)o1.Cc1ccc(C2[C-]=Cc3c(-c4ccc(C(C)(C)C)cc4)cccc32)o1.[Hf]. The zero-order chi connectivity index (χ0) is 35.2. The van der Waals surface area contributed by atoms with E-state index in [1.807, 2.05) is 26.0 Å². The summed E-state index contributed by atoms with van der Waals surface area (Å²) in [7, 11) is 0. The van der Waals surface area contributed by atoms with E-state index >= 15 is 0 Å². The molecule has 0 aliphatic heterocycles. The van der Waals surface area contributed by atoms with Gasteiger partial charge in [0.2, 0.25) is 0 Å². The Balaban J connectivity index is 0.000000172. The van der Waals surface area contributed by atoms with Crippen molar-refractivity contribution >= 4 is 12.2 Å². The molecule has 3 heteroatoms. The Morgan fingerprint density at radius 2 is 0.843 bits per heavy atom. The van der Waals surface area contributed by atoms with E-state index in [-0.39, 0.29) is 48.5 Å². The van der Waals surface area contributed by atoms with Crippen LogP contribution in [-0.2, 0) is 36.7 Å². The topological polar surface area (TPSA) is 26.3 Å². The fraction of sp³-hybridized carbons (Fsp3) is 0.250. The molecule has 0 bridgehead atoms. The van der Waals surface area contributed by atoms with Crippen molar-refractivity contribution in [2.45, 2.75) is 78.1 Å². The molecule has 0 saturated carbocycles. The van der Waals surface area contributed by atoms with E-state index in [1.54, 1.807) is 0 Å². The van der Waals surface area contributed by atoms with E-state index in [1.165, 1.54) is 55.6 Å². The molecule has 2 unspecified atom stereocenters. The maximum atomic E-state index is 5.84. The van der Waals surface area contributed by atoms with Crippen LogP contribution >= 0.6 is 0 Å². The first-order chi connectivity index (χ1) is 23.9. The zero-order valence-corrected chi connectivity index (χ0v) is 34.6. The van der Waals surface area contributed by atoms with Crippen LogP contribution in [0.4, 0.5) is 0 Å². The van der Waals surface area contributed by atoms with Crippen LogP contribution in [0.5, 0.6) is 0 Å². The molecule has 256 valence electrons. The molecule has 2 aliphatic carbocycles. The molecular formula is C48H46HfO2-2. The first-order valence-electron chi connectivity index (χ1n) is 17.7. The minimum atomic E-state index is 0. The molecule has 2 heterocycles. The second-order valence-corrected chi connectivity index (χ2v) is 15.7. The Hall–Kier alpha value is -4.21. The summed E-state index contributed by atoms with van der Waals surface area (Å²) in [6, 6.07) is 39.1. The van der Waals surface area contributed by atoms with Crippen molar-refractivity contribution in [1.82, 2.24) is 0 Å². The molecule has 2 aliphatic rings. The van der Waals surface area contributed by atoms with E-state index in [4.69, 9.17) is 8.83 Å². The largest absolute Gasteiger partial charge is 0.467 e. The third kappa shape index (κ3) is 7.56. The van der Waals surface area contributed by atoms with E-state index in [9.17, 15) is 0 Å². The molecule has 2 atom stereocenters. The van der Waals surface area contributed by atoms with Crippen molar-refractivity contribution in [2.75, 3.05) is 0 Å². The maximum absolute atomic E-state index is 5.84. The summed E-state index contributed by atoms with van der Waals surface area (Å²) < 4.78 is 11.7. The summed E-state index contributed by atoms with van der Waals surface area (Å²) in [5, 5.41) is 0. The first kappa shape index (κ1) is 36.6. The summed E-state index contributed by atoms with van der Waals surface area (Å²) in [5.41, 5.74) is 13.1. The van der Waals surface area contributed by atoms with Gasteiger partial charge in [0.05, 0.1) is 11.5 Å². The number of aryl methyl sites for hydroxylation is 2. The van der Waals surface area contributed by atoms with Gasteiger partial charge in [0.15, 0.2) is 0 Å². The monoisotopic (exact) mass is 834 g/mol. The van der Waals surface area contributed by atoms with E-state index in [2.05, 4.69) is 163 Å². The Labute approximate surface area is 323 Å². The predicted octanol–water partition coefficient (Wildman–Crippen LogP) is 13.0. The van der Waals surface area contributed by atoms with E-state index in [0.717, 1.165) is 23.0 Å². The molecule has 4 aromatic carbocycles. The number of allylic oxidation sites excluding steroid dienone is 2. The van der Waals surface area contributed by atoms with Crippen LogP contribution < -0.4 is 0 Å². The van der Waals surface area contributed by atoms with Crippen LogP contribution in [0.1, 0.15) is 110 Å². The number of hydrogen-bond donors (Lipinski definition) is 0. The molecule has 8 rings (SSSR count). The van der Waals surface area contributed by atoms with Crippen LogP contribution in [0.3, 0.4) is 0 Å². The normalized spacial score (nSPS) is 15.9. The molecule has 0 amide bonds. The Morgan fingerprint density at radius 1 is 0.471 bits per heavy atom. The van der Waals surface area contributed by atoms with Crippen LogP contribution in [-0.4, -0.2) is 0 Å². The van der Waals surface area contributed by atoms with Gasteiger partial charge in [0.1, 0.15) is 11.5 Å². The third-order valence-corrected chi connectivity index (χ3v) is 9.91.